The van der Waals surface area contributed by atoms with E-state index in [1.165, 1.54) is 12.1 Å². The molecule has 0 saturated carbocycles. The van der Waals surface area contributed by atoms with Crippen LogP contribution in [0.2, 0.25) is 10.0 Å². The molecule has 0 heterocycles. The second-order valence-electron chi connectivity index (χ2n) is 4.37. The number of benzene rings is 1. The molecule has 1 aromatic rings. The van der Waals surface area contributed by atoms with Gasteiger partial charge in [0.2, 0.25) is 5.91 Å². The molecular weight excluding hydrogens is 310 g/mol. The molecule has 104 valence electrons. The Kier molecular flexibility index (Phi) is 5.52. The zero-order valence-corrected chi connectivity index (χ0v) is 12.7. The van der Waals surface area contributed by atoms with Gasteiger partial charge in [-0.15, -0.1) is 0 Å². The highest BCUT2D eigenvalue weighted by molar-refractivity contribution is 7.80. The standard InChI is InChI=1S/C12H13Cl2FN2OS/c1-5(2)9(11(16)19)12(18)17-6-3-7(13)10(15)8(14)4-6/h3-5,9H,1-2H3,(H2,16,19)(H,17,18). The number of rotatable bonds is 4. The number of nitrogens with one attached hydrogen (secondary N) is 1. The largest absolute Gasteiger partial charge is 0.393 e. The molecule has 0 aliphatic carbocycles. The van der Waals surface area contributed by atoms with Crippen LogP contribution in [0, 0.1) is 17.7 Å². The molecule has 0 saturated heterocycles. The fourth-order valence-electron chi connectivity index (χ4n) is 1.61. The highest BCUT2D eigenvalue weighted by Crippen LogP contribution is 2.28. The topological polar surface area (TPSA) is 55.1 Å². The van der Waals surface area contributed by atoms with Crippen LogP contribution in [0.25, 0.3) is 0 Å². The van der Waals surface area contributed by atoms with Crippen molar-refractivity contribution in [3.8, 4) is 0 Å². The van der Waals surface area contributed by atoms with Gasteiger partial charge in [0.15, 0.2) is 5.82 Å². The van der Waals surface area contributed by atoms with E-state index in [1.54, 1.807) is 0 Å². The summed E-state index contributed by atoms with van der Waals surface area (Å²) < 4.78 is 13.2. The highest BCUT2D eigenvalue weighted by atomic mass is 35.5. The van der Waals surface area contributed by atoms with Crippen molar-refractivity contribution in [2.75, 3.05) is 5.32 Å². The molecular formula is C12H13Cl2FN2OS. The predicted molar refractivity (Wildman–Crippen MR) is 80.2 cm³/mol. The lowest BCUT2D eigenvalue weighted by molar-refractivity contribution is -0.118. The molecule has 0 fully saturated rings. The summed E-state index contributed by atoms with van der Waals surface area (Å²) in [6.45, 7) is 3.65. The fraction of sp³-hybridized carbons (Fsp3) is 0.333. The molecule has 0 bridgehead atoms. The zero-order chi connectivity index (χ0) is 14.7. The maximum Gasteiger partial charge on any atom is 0.234 e. The highest BCUT2D eigenvalue weighted by Gasteiger charge is 2.25. The Bertz CT molecular complexity index is 499. The van der Waals surface area contributed by atoms with Gasteiger partial charge in [-0.05, 0) is 18.1 Å². The van der Waals surface area contributed by atoms with E-state index in [-0.39, 0.29) is 26.9 Å². The summed E-state index contributed by atoms with van der Waals surface area (Å²) in [6.07, 6.45) is 0. The number of hydrogen-bond donors (Lipinski definition) is 2. The van der Waals surface area contributed by atoms with Crippen LogP contribution >= 0.6 is 35.4 Å². The Morgan fingerprint density at radius 1 is 1.37 bits per heavy atom. The summed E-state index contributed by atoms with van der Waals surface area (Å²) in [7, 11) is 0. The van der Waals surface area contributed by atoms with Crippen molar-refractivity contribution in [1.82, 2.24) is 0 Å². The summed E-state index contributed by atoms with van der Waals surface area (Å²) in [5, 5.41) is 2.24. The summed E-state index contributed by atoms with van der Waals surface area (Å²) in [6, 6.07) is 2.55. The number of hydrogen-bond acceptors (Lipinski definition) is 2. The number of amides is 1. The number of nitrogens with two attached hydrogens (primary N) is 1. The zero-order valence-electron chi connectivity index (χ0n) is 10.3. The molecule has 3 nitrogen and oxygen atoms in total. The fourth-order valence-corrected chi connectivity index (χ4v) is 2.47. The van der Waals surface area contributed by atoms with E-state index in [1.807, 2.05) is 13.8 Å². The van der Waals surface area contributed by atoms with Crippen molar-refractivity contribution >= 4 is 52.0 Å². The van der Waals surface area contributed by atoms with Crippen LogP contribution in [-0.4, -0.2) is 10.9 Å². The van der Waals surface area contributed by atoms with E-state index in [0.717, 1.165) is 0 Å². The second kappa shape index (κ2) is 6.50. The van der Waals surface area contributed by atoms with Crippen molar-refractivity contribution < 1.29 is 9.18 Å². The van der Waals surface area contributed by atoms with Crippen LogP contribution in [0.15, 0.2) is 12.1 Å². The molecule has 7 heteroatoms. The van der Waals surface area contributed by atoms with Crippen molar-refractivity contribution in [1.29, 1.82) is 0 Å². The summed E-state index contributed by atoms with van der Waals surface area (Å²) in [5.41, 5.74) is 5.83. The van der Waals surface area contributed by atoms with Gasteiger partial charge in [0, 0.05) is 5.69 Å². The van der Waals surface area contributed by atoms with Gasteiger partial charge in [-0.3, -0.25) is 4.79 Å². The minimum absolute atomic E-state index is 0.0520. The number of thiocarbonyl (C=S) groups is 1. The van der Waals surface area contributed by atoms with E-state index in [4.69, 9.17) is 41.2 Å². The maximum absolute atomic E-state index is 13.2. The number of carbonyl (C=O) groups is 1. The molecule has 1 unspecified atom stereocenters. The van der Waals surface area contributed by atoms with Gasteiger partial charge < -0.3 is 11.1 Å². The SMILES string of the molecule is CC(C)C(C(=O)Nc1cc(Cl)c(F)c(Cl)c1)C(N)=S. The Morgan fingerprint density at radius 3 is 2.21 bits per heavy atom. The number of halogens is 3. The Morgan fingerprint density at radius 2 is 1.84 bits per heavy atom. The van der Waals surface area contributed by atoms with E-state index in [2.05, 4.69) is 5.32 Å². The number of carbonyl (C=O) groups excluding carboxylic acids is 1. The van der Waals surface area contributed by atoms with E-state index in [0.29, 0.717) is 5.69 Å². The first-order valence-corrected chi connectivity index (χ1v) is 6.65. The first-order chi connectivity index (χ1) is 8.73. The van der Waals surface area contributed by atoms with Gasteiger partial charge in [-0.25, -0.2) is 4.39 Å². The number of anilines is 1. The molecule has 0 aromatic heterocycles. The molecule has 0 spiro atoms. The molecule has 1 amide bonds. The lowest BCUT2D eigenvalue weighted by Gasteiger charge is -2.19. The smallest absolute Gasteiger partial charge is 0.234 e. The van der Waals surface area contributed by atoms with Crippen LogP contribution in [0.1, 0.15) is 13.8 Å². The van der Waals surface area contributed by atoms with Crippen LogP contribution in [0.4, 0.5) is 10.1 Å². The summed E-state index contributed by atoms with van der Waals surface area (Å²) >= 11 is 16.2. The van der Waals surface area contributed by atoms with Crippen LogP contribution in [0.5, 0.6) is 0 Å². The first-order valence-electron chi connectivity index (χ1n) is 5.48. The van der Waals surface area contributed by atoms with Gasteiger partial charge >= 0.3 is 0 Å². The van der Waals surface area contributed by atoms with E-state index >= 15 is 0 Å². The average molecular weight is 323 g/mol. The van der Waals surface area contributed by atoms with E-state index < -0.39 is 11.7 Å². The van der Waals surface area contributed by atoms with Gasteiger partial charge in [0.05, 0.1) is 21.0 Å². The van der Waals surface area contributed by atoms with Crippen molar-refractivity contribution in [2.45, 2.75) is 13.8 Å². The second-order valence-corrected chi connectivity index (χ2v) is 5.65. The third kappa shape index (κ3) is 4.03. The quantitative estimate of drug-likeness (QED) is 0.657. The Hall–Kier alpha value is -0.910. The maximum atomic E-state index is 13.2. The van der Waals surface area contributed by atoms with Crippen molar-refractivity contribution in [3.05, 3.63) is 28.0 Å². The van der Waals surface area contributed by atoms with Crippen molar-refractivity contribution in [3.63, 3.8) is 0 Å². The lowest BCUT2D eigenvalue weighted by Crippen LogP contribution is -2.36. The Balaban J connectivity index is 2.96. The molecule has 3 N–H and O–H groups in total. The van der Waals surface area contributed by atoms with E-state index in [9.17, 15) is 9.18 Å². The minimum Gasteiger partial charge on any atom is -0.393 e. The van der Waals surface area contributed by atoms with Gasteiger partial charge in [-0.2, -0.15) is 0 Å². The first kappa shape index (κ1) is 16.1. The summed E-state index contributed by atoms with van der Waals surface area (Å²) in [4.78, 5) is 12.1. The van der Waals surface area contributed by atoms with Crippen LogP contribution in [0.3, 0.4) is 0 Å². The van der Waals surface area contributed by atoms with Crippen molar-refractivity contribution in [2.24, 2.45) is 17.6 Å². The van der Waals surface area contributed by atoms with Gasteiger partial charge in [0.1, 0.15) is 0 Å². The third-order valence-electron chi connectivity index (χ3n) is 2.51. The monoisotopic (exact) mass is 322 g/mol. The van der Waals surface area contributed by atoms with Gasteiger partial charge in [-0.1, -0.05) is 49.3 Å². The lowest BCUT2D eigenvalue weighted by atomic mass is 9.95. The minimum atomic E-state index is -0.726. The normalized spacial score (nSPS) is 12.3. The molecule has 0 radical (unpaired) electrons. The Labute approximate surface area is 126 Å². The molecule has 0 aliphatic heterocycles. The average Bonchev–Trinajstić information content (AvgIpc) is 2.24. The summed E-state index contributed by atoms with van der Waals surface area (Å²) in [5.74, 6) is -1.76. The van der Waals surface area contributed by atoms with Crippen LogP contribution < -0.4 is 11.1 Å². The molecule has 0 aliphatic rings. The third-order valence-corrected chi connectivity index (χ3v) is 3.31. The molecule has 1 rings (SSSR count). The molecule has 1 atom stereocenters. The van der Waals surface area contributed by atoms with Gasteiger partial charge in [0.25, 0.3) is 0 Å². The predicted octanol–water partition coefficient (Wildman–Crippen LogP) is 3.63. The van der Waals surface area contributed by atoms with Crippen LogP contribution in [-0.2, 0) is 4.79 Å². The molecule has 1 aromatic carbocycles. The molecule has 19 heavy (non-hydrogen) atoms.